The maximum absolute atomic E-state index is 11.8. The average Bonchev–Trinajstić information content (AvgIpc) is 3.26. The van der Waals surface area contributed by atoms with Crippen LogP contribution in [0.2, 0.25) is 0 Å². The van der Waals surface area contributed by atoms with Crippen LogP contribution < -0.4 is 5.32 Å². The minimum Gasteiger partial charge on any atom is -0.447 e. The Labute approximate surface area is 136 Å². The van der Waals surface area contributed by atoms with Gasteiger partial charge in [-0.1, -0.05) is 29.8 Å². The van der Waals surface area contributed by atoms with Crippen molar-refractivity contribution in [3.63, 3.8) is 0 Å². The van der Waals surface area contributed by atoms with Crippen molar-refractivity contribution in [3.8, 4) is 0 Å². The molecule has 1 amide bonds. The van der Waals surface area contributed by atoms with Gasteiger partial charge in [-0.2, -0.15) is 0 Å². The maximum atomic E-state index is 11.8. The fourth-order valence-electron chi connectivity index (χ4n) is 2.71. The van der Waals surface area contributed by atoms with Gasteiger partial charge < -0.3 is 9.73 Å². The average molecular weight is 313 g/mol. The monoisotopic (exact) mass is 313 g/mol. The van der Waals surface area contributed by atoms with Gasteiger partial charge in [0.1, 0.15) is 6.26 Å². The Morgan fingerprint density at radius 2 is 2.22 bits per heavy atom. The molecule has 1 fully saturated rings. The highest BCUT2D eigenvalue weighted by Gasteiger charge is 2.30. The predicted molar refractivity (Wildman–Crippen MR) is 88.0 cm³/mol. The molecule has 0 spiro atoms. The number of oxazole rings is 1. The Balaban J connectivity index is 1.67. The number of hydrogen-bond acceptors (Lipinski definition) is 4. The SMILES string of the molecule is CCNC(=O)c1coc(CN(Cc2cccc(C)c2)C2CC2)n1. The highest BCUT2D eigenvalue weighted by Crippen LogP contribution is 2.29. The van der Waals surface area contributed by atoms with Crippen molar-refractivity contribution in [2.75, 3.05) is 6.54 Å². The molecule has 1 aliphatic carbocycles. The van der Waals surface area contributed by atoms with Crippen molar-refractivity contribution in [2.45, 2.75) is 45.8 Å². The van der Waals surface area contributed by atoms with Gasteiger partial charge in [0.25, 0.3) is 5.91 Å². The quantitative estimate of drug-likeness (QED) is 0.854. The zero-order chi connectivity index (χ0) is 16.2. The Morgan fingerprint density at radius 1 is 1.39 bits per heavy atom. The predicted octanol–water partition coefficient (Wildman–Crippen LogP) is 2.90. The molecular formula is C18H23N3O2. The van der Waals surface area contributed by atoms with E-state index in [0.29, 0.717) is 30.7 Å². The molecule has 1 saturated carbocycles. The number of nitrogens with zero attached hydrogens (tertiary/aromatic N) is 2. The Kier molecular flexibility index (Phi) is 4.76. The van der Waals surface area contributed by atoms with E-state index >= 15 is 0 Å². The third-order valence-electron chi connectivity index (χ3n) is 3.99. The zero-order valence-corrected chi connectivity index (χ0v) is 13.7. The third kappa shape index (κ3) is 4.20. The van der Waals surface area contributed by atoms with Gasteiger partial charge in [-0.25, -0.2) is 4.98 Å². The van der Waals surface area contributed by atoms with Crippen LogP contribution in [-0.2, 0) is 13.1 Å². The van der Waals surface area contributed by atoms with E-state index in [1.54, 1.807) is 0 Å². The summed E-state index contributed by atoms with van der Waals surface area (Å²) in [4.78, 5) is 18.5. The molecule has 0 radical (unpaired) electrons. The first-order valence-corrected chi connectivity index (χ1v) is 8.18. The number of carbonyl (C=O) groups excluding carboxylic acids is 1. The normalized spacial score (nSPS) is 14.2. The van der Waals surface area contributed by atoms with Crippen LogP contribution in [0.25, 0.3) is 0 Å². The number of amides is 1. The summed E-state index contributed by atoms with van der Waals surface area (Å²) in [6.45, 7) is 6.10. The van der Waals surface area contributed by atoms with Crippen LogP contribution in [0.5, 0.6) is 0 Å². The molecule has 23 heavy (non-hydrogen) atoms. The largest absolute Gasteiger partial charge is 0.447 e. The number of aromatic nitrogens is 1. The van der Waals surface area contributed by atoms with Crippen molar-refractivity contribution in [1.82, 2.24) is 15.2 Å². The van der Waals surface area contributed by atoms with Crippen molar-refractivity contribution in [1.29, 1.82) is 0 Å². The van der Waals surface area contributed by atoms with Crippen LogP contribution in [0.1, 0.15) is 47.3 Å². The topological polar surface area (TPSA) is 58.4 Å². The van der Waals surface area contributed by atoms with Crippen LogP contribution in [0.15, 0.2) is 34.9 Å². The van der Waals surface area contributed by atoms with Crippen LogP contribution in [0.3, 0.4) is 0 Å². The second-order valence-corrected chi connectivity index (χ2v) is 6.11. The standard InChI is InChI=1S/C18H23N3O2/c1-3-19-18(22)16-12-23-17(20-16)11-21(15-7-8-15)10-14-6-4-5-13(2)9-14/h4-6,9,12,15H,3,7-8,10-11H2,1-2H3,(H,19,22). The first-order chi connectivity index (χ1) is 11.2. The maximum Gasteiger partial charge on any atom is 0.273 e. The van der Waals surface area contributed by atoms with Crippen LogP contribution in [-0.4, -0.2) is 28.4 Å². The molecule has 3 rings (SSSR count). The summed E-state index contributed by atoms with van der Waals surface area (Å²) < 4.78 is 5.49. The molecule has 0 saturated heterocycles. The van der Waals surface area contributed by atoms with Gasteiger partial charge in [0.2, 0.25) is 5.89 Å². The molecule has 1 aromatic heterocycles. The van der Waals surface area contributed by atoms with Crippen molar-refractivity contribution in [2.24, 2.45) is 0 Å². The third-order valence-corrected chi connectivity index (χ3v) is 3.99. The van der Waals surface area contributed by atoms with Gasteiger partial charge in [0.15, 0.2) is 5.69 Å². The fraction of sp³-hybridized carbons (Fsp3) is 0.444. The summed E-state index contributed by atoms with van der Waals surface area (Å²) in [5.41, 5.74) is 2.92. The highest BCUT2D eigenvalue weighted by molar-refractivity contribution is 5.91. The Bertz CT molecular complexity index is 676. The zero-order valence-electron chi connectivity index (χ0n) is 13.7. The lowest BCUT2D eigenvalue weighted by atomic mass is 10.1. The summed E-state index contributed by atoms with van der Waals surface area (Å²) in [5.74, 6) is 0.421. The molecule has 5 heteroatoms. The van der Waals surface area contributed by atoms with Crippen molar-refractivity contribution in [3.05, 3.63) is 53.2 Å². The Hall–Kier alpha value is -2.14. The molecule has 122 valence electrons. The van der Waals surface area contributed by atoms with Crippen molar-refractivity contribution >= 4 is 5.91 Å². The molecule has 0 unspecified atom stereocenters. The van der Waals surface area contributed by atoms with Crippen LogP contribution in [0, 0.1) is 6.92 Å². The van der Waals surface area contributed by atoms with E-state index in [4.69, 9.17) is 4.42 Å². The molecule has 1 N–H and O–H groups in total. The molecule has 2 aromatic rings. The fourth-order valence-corrected chi connectivity index (χ4v) is 2.71. The van der Waals surface area contributed by atoms with Gasteiger partial charge in [0.05, 0.1) is 6.54 Å². The van der Waals surface area contributed by atoms with Crippen LogP contribution in [0.4, 0.5) is 0 Å². The van der Waals surface area contributed by atoms with E-state index in [2.05, 4.69) is 46.4 Å². The number of benzene rings is 1. The van der Waals surface area contributed by atoms with E-state index in [1.807, 2.05) is 6.92 Å². The van der Waals surface area contributed by atoms with E-state index < -0.39 is 0 Å². The molecule has 1 heterocycles. The number of aryl methyl sites for hydroxylation is 1. The van der Waals surface area contributed by atoms with Gasteiger partial charge in [0, 0.05) is 19.1 Å². The van der Waals surface area contributed by atoms with Gasteiger partial charge in [-0.3, -0.25) is 9.69 Å². The van der Waals surface area contributed by atoms with E-state index in [0.717, 1.165) is 6.54 Å². The van der Waals surface area contributed by atoms with Gasteiger partial charge >= 0.3 is 0 Å². The van der Waals surface area contributed by atoms with E-state index in [1.165, 1.54) is 30.2 Å². The second-order valence-electron chi connectivity index (χ2n) is 6.11. The molecule has 1 aliphatic rings. The summed E-state index contributed by atoms with van der Waals surface area (Å²) >= 11 is 0. The lowest BCUT2D eigenvalue weighted by Crippen LogP contribution is -2.26. The van der Waals surface area contributed by atoms with E-state index in [-0.39, 0.29) is 5.91 Å². The molecule has 0 atom stereocenters. The Morgan fingerprint density at radius 3 is 2.91 bits per heavy atom. The molecule has 1 aromatic carbocycles. The highest BCUT2D eigenvalue weighted by atomic mass is 16.3. The number of nitrogens with one attached hydrogen (secondary N) is 1. The molecule has 0 aliphatic heterocycles. The number of hydrogen-bond donors (Lipinski definition) is 1. The molecule has 0 bridgehead atoms. The van der Waals surface area contributed by atoms with Crippen LogP contribution >= 0.6 is 0 Å². The van der Waals surface area contributed by atoms with E-state index in [9.17, 15) is 4.79 Å². The first kappa shape index (κ1) is 15.7. The van der Waals surface area contributed by atoms with Crippen molar-refractivity contribution < 1.29 is 9.21 Å². The minimum atomic E-state index is -0.181. The second kappa shape index (κ2) is 6.96. The summed E-state index contributed by atoms with van der Waals surface area (Å²) in [7, 11) is 0. The molecule has 5 nitrogen and oxygen atoms in total. The summed E-state index contributed by atoms with van der Waals surface area (Å²) in [6.07, 6.45) is 3.88. The lowest BCUT2D eigenvalue weighted by molar-refractivity contribution is 0.0950. The minimum absolute atomic E-state index is 0.181. The summed E-state index contributed by atoms with van der Waals surface area (Å²) in [6, 6.07) is 9.16. The number of rotatable bonds is 7. The van der Waals surface area contributed by atoms with Gasteiger partial charge in [-0.15, -0.1) is 0 Å². The first-order valence-electron chi connectivity index (χ1n) is 8.18. The lowest BCUT2D eigenvalue weighted by Gasteiger charge is -2.20. The summed E-state index contributed by atoms with van der Waals surface area (Å²) in [5, 5.41) is 2.73. The van der Waals surface area contributed by atoms with Gasteiger partial charge in [-0.05, 0) is 32.3 Å². The molecular weight excluding hydrogens is 290 g/mol. The smallest absolute Gasteiger partial charge is 0.273 e. The number of carbonyl (C=O) groups is 1.